The maximum Gasteiger partial charge on any atom is 0.141 e. The number of benzene rings is 2. The van der Waals surface area contributed by atoms with E-state index < -0.39 is 5.82 Å². The largest absolute Gasteiger partial charge is 0.489 e. The Kier molecular flexibility index (Phi) is 4.02. The van der Waals surface area contributed by atoms with Crippen LogP contribution < -0.4 is 10.5 Å². The van der Waals surface area contributed by atoms with Crippen molar-refractivity contribution in [3.63, 3.8) is 0 Å². The Morgan fingerprint density at radius 3 is 2.47 bits per heavy atom. The van der Waals surface area contributed by atoms with E-state index in [0.29, 0.717) is 17.9 Å². The molecule has 0 aliphatic heterocycles. The van der Waals surface area contributed by atoms with Gasteiger partial charge in [0.1, 0.15) is 24.0 Å². The number of halogens is 2. The average Bonchev–Trinajstić information content (AvgIpc) is 2.40. The highest BCUT2D eigenvalue weighted by Gasteiger charge is 2.02. The van der Waals surface area contributed by atoms with Crippen LogP contribution in [0.4, 0.5) is 4.39 Å². The molecule has 0 heterocycles. The number of nitrogens with one attached hydrogen (secondary N) is 1. The minimum atomic E-state index is -0.448. The third-order valence-corrected chi connectivity index (χ3v) is 2.84. The summed E-state index contributed by atoms with van der Waals surface area (Å²) < 4.78 is 18.5. The Balaban J connectivity index is 2.01. The second-order valence-electron chi connectivity index (χ2n) is 3.98. The zero-order valence-corrected chi connectivity index (χ0v) is 10.7. The van der Waals surface area contributed by atoms with Gasteiger partial charge < -0.3 is 10.5 Å². The molecule has 0 saturated carbocycles. The second-order valence-corrected chi connectivity index (χ2v) is 4.38. The zero-order chi connectivity index (χ0) is 13.8. The molecule has 2 rings (SSSR count). The Bertz CT molecular complexity index is 599. The molecule has 3 nitrogen and oxygen atoms in total. The van der Waals surface area contributed by atoms with Crippen molar-refractivity contribution in [2.45, 2.75) is 6.61 Å². The van der Waals surface area contributed by atoms with Crippen LogP contribution in [-0.2, 0) is 6.61 Å². The summed E-state index contributed by atoms with van der Waals surface area (Å²) in [7, 11) is 0. The van der Waals surface area contributed by atoms with Gasteiger partial charge in [-0.25, -0.2) is 4.39 Å². The molecule has 5 heteroatoms. The molecule has 0 bridgehead atoms. The zero-order valence-electron chi connectivity index (χ0n) is 9.99. The Hall–Kier alpha value is -2.07. The molecule has 19 heavy (non-hydrogen) atoms. The highest BCUT2D eigenvalue weighted by atomic mass is 35.5. The van der Waals surface area contributed by atoms with E-state index in [-0.39, 0.29) is 10.9 Å². The summed E-state index contributed by atoms with van der Waals surface area (Å²) in [6.45, 7) is 0.291. The van der Waals surface area contributed by atoms with Gasteiger partial charge in [0.15, 0.2) is 0 Å². The van der Waals surface area contributed by atoms with Gasteiger partial charge in [-0.05, 0) is 42.0 Å². The van der Waals surface area contributed by atoms with E-state index in [2.05, 4.69) is 0 Å². The third kappa shape index (κ3) is 3.45. The van der Waals surface area contributed by atoms with Gasteiger partial charge in [-0.1, -0.05) is 17.7 Å². The maximum absolute atomic E-state index is 13.0. The van der Waals surface area contributed by atoms with Crippen LogP contribution in [-0.4, -0.2) is 5.84 Å². The first-order valence-corrected chi connectivity index (χ1v) is 5.95. The molecular formula is C14H12ClFN2O. The Labute approximate surface area is 115 Å². The molecule has 0 unspecified atom stereocenters. The van der Waals surface area contributed by atoms with Gasteiger partial charge in [0, 0.05) is 5.56 Å². The van der Waals surface area contributed by atoms with Gasteiger partial charge in [0.05, 0.1) is 5.02 Å². The number of hydrogen-bond donors (Lipinski definition) is 2. The number of amidine groups is 1. The van der Waals surface area contributed by atoms with Crippen LogP contribution in [0.1, 0.15) is 11.1 Å². The number of hydrogen-bond acceptors (Lipinski definition) is 2. The summed E-state index contributed by atoms with van der Waals surface area (Å²) in [5.74, 6) is 0.207. The van der Waals surface area contributed by atoms with E-state index in [1.807, 2.05) is 0 Å². The van der Waals surface area contributed by atoms with Crippen LogP contribution in [0.2, 0.25) is 5.02 Å². The molecule has 2 aromatic rings. The molecule has 98 valence electrons. The standard InChI is InChI=1S/C14H12ClFN2O/c15-12-7-9(1-6-13(12)16)8-19-11-4-2-10(3-5-11)14(17)18/h1-7H,8H2,(H3,17,18). The molecule has 3 N–H and O–H groups in total. The molecule has 0 amide bonds. The summed E-state index contributed by atoms with van der Waals surface area (Å²) in [5.41, 5.74) is 6.77. The minimum absolute atomic E-state index is 0.0110. The molecule has 0 aliphatic rings. The first-order chi connectivity index (χ1) is 9.06. The number of nitrogens with two attached hydrogens (primary N) is 1. The van der Waals surface area contributed by atoms with Crippen molar-refractivity contribution < 1.29 is 9.13 Å². The van der Waals surface area contributed by atoms with Crippen LogP contribution in [0.3, 0.4) is 0 Å². The lowest BCUT2D eigenvalue weighted by Gasteiger charge is -2.07. The van der Waals surface area contributed by atoms with Gasteiger partial charge in [0.2, 0.25) is 0 Å². The summed E-state index contributed by atoms with van der Waals surface area (Å²) >= 11 is 5.68. The quantitative estimate of drug-likeness (QED) is 0.666. The fraction of sp³-hybridized carbons (Fsp3) is 0.0714. The van der Waals surface area contributed by atoms with Crippen LogP contribution in [0, 0.1) is 11.2 Å². The Morgan fingerprint density at radius 2 is 1.89 bits per heavy atom. The average molecular weight is 279 g/mol. The second kappa shape index (κ2) is 5.71. The number of rotatable bonds is 4. The number of nitrogen functional groups attached to an aromatic ring is 1. The lowest BCUT2D eigenvalue weighted by Crippen LogP contribution is -2.10. The highest BCUT2D eigenvalue weighted by Crippen LogP contribution is 2.18. The summed E-state index contributed by atoms with van der Waals surface area (Å²) in [6.07, 6.45) is 0. The van der Waals surface area contributed by atoms with E-state index in [1.165, 1.54) is 12.1 Å². The van der Waals surface area contributed by atoms with Crippen molar-refractivity contribution in [2.24, 2.45) is 5.73 Å². The molecule has 0 aromatic heterocycles. The van der Waals surface area contributed by atoms with Crippen molar-refractivity contribution in [2.75, 3.05) is 0 Å². The van der Waals surface area contributed by atoms with Gasteiger partial charge in [0.25, 0.3) is 0 Å². The third-order valence-electron chi connectivity index (χ3n) is 2.55. The van der Waals surface area contributed by atoms with Gasteiger partial charge in [-0.3, -0.25) is 5.41 Å². The van der Waals surface area contributed by atoms with Crippen LogP contribution in [0.25, 0.3) is 0 Å². The van der Waals surface area contributed by atoms with Gasteiger partial charge >= 0.3 is 0 Å². The predicted octanol–water partition coefficient (Wildman–Crippen LogP) is 3.34. The summed E-state index contributed by atoms with van der Waals surface area (Å²) in [6, 6.07) is 11.3. The molecule has 0 spiro atoms. The van der Waals surface area contributed by atoms with Crippen LogP contribution in [0.5, 0.6) is 5.75 Å². The topological polar surface area (TPSA) is 59.1 Å². The fourth-order valence-electron chi connectivity index (χ4n) is 1.53. The van der Waals surface area contributed by atoms with E-state index >= 15 is 0 Å². The smallest absolute Gasteiger partial charge is 0.141 e. The molecule has 0 radical (unpaired) electrons. The monoisotopic (exact) mass is 278 g/mol. The van der Waals surface area contributed by atoms with Gasteiger partial charge in [-0.15, -0.1) is 0 Å². The normalized spacial score (nSPS) is 10.2. The molecule has 0 aliphatic carbocycles. The van der Waals surface area contributed by atoms with Crippen molar-refractivity contribution in [3.8, 4) is 5.75 Å². The lowest BCUT2D eigenvalue weighted by atomic mass is 10.2. The molecule has 0 fully saturated rings. The SMILES string of the molecule is N=C(N)c1ccc(OCc2ccc(F)c(Cl)c2)cc1. The van der Waals surface area contributed by atoms with E-state index in [1.54, 1.807) is 30.3 Å². The highest BCUT2D eigenvalue weighted by molar-refractivity contribution is 6.30. The lowest BCUT2D eigenvalue weighted by molar-refractivity contribution is 0.306. The van der Waals surface area contributed by atoms with Crippen molar-refractivity contribution in [1.29, 1.82) is 5.41 Å². The van der Waals surface area contributed by atoms with Crippen LogP contribution in [0.15, 0.2) is 42.5 Å². The van der Waals surface area contributed by atoms with E-state index in [0.717, 1.165) is 5.56 Å². The Morgan fingerprint density at radius 1 is 1.21 bits per heavy atom. The van der Waals surface area contributed by atoms with Crippen molar-refractivity contribution in [3.05, 3.63) is 64.4 Å². The maximum atomic E-state index is 13.0. The molecule has 0 atom stereocenters. The first-order valence-electron chi connectivity index (χ1n) is 5.57. The fourth-order valence-corrected chi connectivity index (χ4v) is 1.73. The van der Waals surface area contributed by atoms with Crippen molar-refractivity contribution in [1.82, 2.24) is 0 Å². The summed E-state index contributed by atoms with van der Waals surface area (Å²) in [4.78, 5) is 0. The summed E-state index contributed by atoms with van der Waals surface area (Å²) in [5, 5.41) is 7.35. The van der Waals surface area contributed by atoms with Gasteiger partial charge in [-0.2, -0.15) is 0 Å². The van der Waals surface area contributed by atoms with E-state index in [4.69, 9.17) is 27.5 Å². The van der Waals surface area contributed by atoms with E-state index in [9.17, 15) is 4.39 Å². The predicted molar refractivity (Wildman–Crippen MR) is 73.2 cm³/mol. The minimum Gasteiger partial charge on any atom is -0.489 e. The number of ether oxygens (including phenoxy) is 1. The molecule has 2 aromatic carbocycles. The first kappa shape index (κ1) is 13.4. The molecular weight excluding hydrogens is 267 g/mol. The molecule has 0 saturated heterocycles. The van der Waals surface area contributed by atoms with Crippen LogP contribution >= 0.6 is 11.6 Å². The van der Waals surface area contributed by atoms with Crippen molar-refractivity contribution >= 4 is 17.4 Å².